The second-order valence-corrected chi connectivity index (χ2v) is 7.50. The molecule has 2 atom stereocenters. The van der Waals surface area contributed by atoms with E-state index < -0.39 is 30.0 Å². The second kappa shape index (κ2) is 7.55. The van der Waals surface area contributed by atoms with Crippen LogP contribution in [-0.4, -0.2) is 60.7 Å². The van der Waals surface area contributed by atoms with Crippen LogP contribution in [0.25, 0.3) is 0 Å². The van der Waals surface area contributed by atoms with Crippen molar-refractivity contribution in [3.8, 4) is 5.75 Å². The highest BCUT2D eigenvalue weighted by Crippen LogP contribution is 2.33. The molecular weight excluding hydrogens is 370 g/mol. The zero-order valence-electron chi connectivity index (χ0n) is 15.9. The van der Waals surface area contributed by atoms with E-state index in [9.17, 15) is 19.5 Å². The summed E-state index contributed by atoms with van der Waals surface area (Å²) in [6.45, 7) is 5.08. The fourth-order valence-corrected chi connectivity index (χ4v) is 2.77. The number of anilines is 2. The summed E-state index contributed by atoms with van der Waals surface area (Å²) in [5, 5.41) is 15.4. The molecule has 28 heavy (non-hydrogen) atoms. The molecule has 3 rings (SSSR count). The minimum absolute atomic E-state index is 0.0585. The first-order valence-electron chi connectivity index (χ1n) is 8.82. The third-order valence-corrected chi connectivity index (χ3v) is 4.03. The predicted octanol–water partition coefficient (Wildman–Crippen LogP) is 1.23. The van der Waals surface area contributed by atoms with Gasteiger partial charge < -0.3 is 30.0 Å². The summed E-state index contributed by atoms with van der Waals surface area (Å²) in [6.07, 6.45) is -3.24. The number of rotatable bonds is 4. The average molecular weight is 393 g/mol. The highest BCUT2D eigenvalue weighted by molar-refractivity contribution is 5.97. The number of carbonyl (C=O) groups is 3. The Bertz CT molecular complexity index is 790. The third-order valence-electron chi connectivity index (χ3n) is 4.03. The SMILES string of the molecule is CC(C)(C)OC(=O)NC[C@@H](O)[C@H]1CN(c2ccc3c(c2)NC(=O)CO3)C(=O)O1. The number of benzene rings is 1. The maximum atomic E-state index is 12.2. The number of nitrogens with zero attached hydrogens (tertiary/aromatic N) is 1. The zero-order chi connectivity index (χ0) is 20.5. The van der Waals surface area contributed by atoms with Crippen LogP contribution in [0.15, 0.2) is 18.2 Å². The van der Waals surface area contributed by atoms with Gasteiger partial charge in [-0.2, -0.15) is 0 Å². The van der Waals surface area contributed by atoms with Crippen LogP contribution in [0.3, 0.4) is 0 Å². The first kappa shape index (κ1) is 19.7. The van der Waals surface area contributed by atoms with E-state index in [4.69, 9.17) is 14.2 Å². The normalized spacial score (nSPS) is 19.9. The fraction of sp³-hybridized carbons (Fsp3) is 0.500. The van der Waals surface area contributed by atoms with Crippen LogP contribution in [0.4, 0.5) is 21.0 Å². The minimum atomic E-state index is -1.11. The highest BCUT2D eigenvalue weighted by atomic mass is 16.6. The van der Waals surface area contributed by atoms with Crippen molar-refractivity contribution in [2.45, 2.75) is 38.6 Å². The number of nitrogens with one attached hydrogen (secondary N) is 2. The Morgan fingerprint density at radius 3 is 2.89 bits per heavy atom. The number of carbonyl (C=O) groups excluding carboxylic acids is 3. The van der Waals surface area contributed by atoms with Crippen molar-refractivity contribution in [2.75, 3.05) is 29.9 Å². The molecule has 1 saturated heterocycles. The van der Waals surface area contributed by atoms with Crippen LogP contribution in [0.5, 0.6) is 5.75 Å². The van der Waals surface area contributed by atoms with E-state index in [1.165, 1.54) is 4.90 Å². The summed E-state index contributed by atoms with van der Waals surface area (Å²) in [4.78, 5) is 36.7. The van der Waals surface area contributed by atoms with Crippen LogP contribution < -0.4 is 20.3 Å². The number of aliphatic hydroxyl groups excluding tert-OH is 1. The molecule has 1 aromatic carbocycles. The lowest BCUT2D eigenvalue weighted by molar-refractivity contribution is -0.118. The fourth-order valence-electron chi connectivity index (χ4n) is 2.77. The van der Waals surface area contributed by atoms with Gasteiger partial charge in [-0.3, -0.25) is 9.69 Å². The van der Waals surface area contributed by atoms with E-state index in [2.05, 4.69) is 10.6 Å². The molecule has 0 aromatic heterocycles. The van der Waals surface area contributed by atoms with E-state index in [0.29, 0.717) is 17.1 Å². The summed E-state index contributed by atoms with van der Waals surface area (Å²) < 4.78 is 15.6. The van der Waals surface area contributed by atoms with Crippen molar-refractivity contribution >= 4 is 29.5 Å². The van der Waals surface area contributed by atoms with Gasteiger partial charge >= 0.3 is 12.2 Å². The number of aliphatic hydroxyl groups is 1. The van der Waals surface area contributed by atoms with Crippen molar-refractivity contribution in [3.05, 3.63) is 18.2 Å². The Kier molecular flexibility index (Phi) is 5.32. The molecule has 10 nitrogen and oxygen atoms in total. The summed E-state index contributed by atoms with van der Waals surface area (Å²) in [5.74, 6) is 0.226. The monoisotopic (exact) mass is 393 g/mol. The maximum absolute atomic E-state index is 12.2. The lowest BCUT2D eigenvalue weighted by Gasteiger charge is -2.22. The van der Waals surface area contributed by atoms with Crippen molar-refractivity contribution in [1.29, 1.82) is 0 Å². The van der Waals surface area contributed by atoms with Gasteiger partial charge in [0.25, 0.3) is 5.91 Å². The summed E-state index contributed by atoms with van der Waals surface area (Å²) in [6, 6.07) is 4.90. The van der Waals surface area contributed by atoms with E-state index >= 15 is 0 Å². The Labute approximate surface area is 161 Å². The Morgan fingerprint density at radius 1 is 1.43 bits per heavy atom. The van der Waals surface area contributed by atoms with Crippen molar-refractivity contribution in [3.63, 3.8) is 0 Å². The van der Waals surface area contributed by atoms with Gasteiger partial charge in [0.2, 0.25) is 0 Å². The van der Waals surface area contributed by atoms with Crippen LogP contribution in [-0.2, 0) is 14.3 Å². The molecule has 152 valence electrons. The molecule has 1 aromatic rings. The van der Waals surface area contributed by atoms with Gasteiger partial charge in [0, 0.05) is 5.69 Å². The van der Waals surface area contributed by atoms with Crippen LogP contribution in [0.2, 0.25) is 0 Å². The lowest BCUT2D eigenvalue weighted by Crippen LogP contribution is -2.42. The number of amides is 3. The zero-order valence-corrected chi connectivity index (χ0v) is 15.9. The average Bonchev–Trinajstić information content (AvgIpc) is 2.99. The number of hydrogen-bond acceptors (Lipinski definition) is 7. The summed E-state index contributed by atoms with van der Waals surface area (Å²) in [5.41, 5.74) is 0.290. The van der Waals surface area contributed by atoms with Crippen molar-refractivity contribution in [2.24, 2.45) is 0 Å². The molecule has 2 aliphatic heterocycles. The molecular formula is C18H23N3O7. The van der Waals surface area contributed by atoms with Gasteiger partial charge in [0.15, 0.2) is 6.61 Å². The Hall–Kier alpha value is -3.01. The van der Waals surface area contributed by atoms with Gasteiger partial charge in [-0.05, 0) is 39.0 Å². The van der Waals surface area contributed by atoms with Crippen molar-refractivity contribution in [1.82, 2.24) is 5.32 Å². The number of ether oxygens (including phenoxy) is 3. The number of alkyl carbamates (subject to hydrolysis) is 1. The largest absolute Gasteiger partial charge is 0.482 e. The Morgan fingerprint density at radius 2 is 2.18 bits per heavy atom. The molecule has 2 heterocycles. The van der Waals surface area contributed by atoms with Gasteiger partial charge in [-0.25, -0.2) is 9.59 Å². The molecule has 3 amide bonds. The van der Waals surface area contributed by atoms with Crippen LogP contribution >= 0.6 is 0 Å². The molecule has 1 fully saturated rings. The predicted molar refractivity (Wildman–Crippen MR) is 98.4 cm³/mol. The number of hydrogen-bond donors (Lipinski definition) is 3. The first-order valence-corrected chi connectivity index (χ1v) is 8.82. The molecule has 3 N–H and O–H groups in total. The van der Waals surface area contributed by atoms with Crippen LogP contribution in [0, 0.1) is 0 Å². The maximum Gasteiger partial charge on any atom is 0.414 e. The first-order chi connectivity index (χ1) is 13.1. The van der Waals surface area contributed by atoms with Gasteiger partial charge in [0.05, 0.1) is 18.8 Å². The summed E-state index contributed by atoms with van der Waals surface area (Å²) in [7, 11) is 0. The molecule has 2 aliphatic rings. The highest BCUT2D eigenvalue weighted by Gasteiger charge is 2.37. The molecule has 0 bridgehead atoms. The summed E-state index contributed by atoms with van der Waals surface area (Å²) >= 11 is 0. The van der Waals surface area contributed by atoms with E-state index in [1.54, 1.807) is 39.0 Å². The topological polar surface area (TPSA) is 126 Å². The van der Waals surface area contributed by atoms with Gasteiger partial charge in [-0.15, -0.1) is 0 Å². The molecule has 0 aliphatic carbocycles. The van der Waals surface area contributed by atoms with Gasteiger partial charge in [0.1, 0.15) is 23.6 Å². The molecule has 0 saturated carbocycles. The molecule has 0 radical (unpaired) electrons. The van der Waals surface area contributed by atoms with E-state index in [1.807, 2.05) is 0 Å². The van der Waals surface area contributed by atoms with Crippen molar-refractivity contribution < 1.29 is 33.7 Å². The quantitative estimate of drug-likeness (QED) is 0.702. The van der Waals surface area contributed by atoms with Gasteiger partial charge in [-0.1, -0.05) is 0 Å². The number of fused-ring (bicyclic) bond motifs is 1. The molecule has 0 unspecified atom stereocenters. The smallest absolute Gasteiger partial charge is 0.414 e. The lowest BCUT2D eigenvalue weighted by atomic mass is 10.2. The standard InChI is InChI=1S/C18H23N3O7/c1-18(2,3)28-16(24)19-7-12(22)14-8-21(17(25)27-14)10-4-5-13-11(6-10)20-15(23)9-26-13/h4-6,12,14,22H,7-9H2,1-3H3,(H,19,24)(H,20,23)/t12-,14-/m1/s1. The minimum Gasteiger partial charge on any atom is -0.482 e. The Balaban J connectivity index is 1.60. The van der Waals surface area contributed by atoms with Crippen LogP contribution in [0.1, 0.15) is 20.8 Å². The second-order valence-electron chi connectivity index (χ2n) is 7.50. The third kappa shape index (κ3) is 4.63. The van der Waals surface area contributed by atoms with E-state index in [-0.39, 0.29) is 25.6 Å². The molecule has 0 spiro atoms. The number of cyclic esters (lactones) is 1. The van der Waals surface area contributed by atoms with E-state index in [0.717, 1.165) is 0 Å². The molecule has 10 heteroatoms.